The molecule has 9 heteroatoms. The molecule has 150 valence electrons. The summed E-state index contributed by atoms with van der Waals surface area (Å²) in [6.45, 7) is 2.26. The van der Waals surface area contributed by atoms with Gasteiger partial charge >= 0.3 is 5.97 Å². The number of carbonyl (C=O) groups is 2. The SMILES string of the molecule is COc1ccc(C(=O)OCC(=O)N2CCCC[C@@H]2C)cc1S(=O)(=O)N(C)C. The quantitative estimate of drug-likeness (QED) is 0.674. The highest BCUT2D eigenvalue weighted by atomic mass is 32.2. The number of carbonyl (C=O) groups excluding carboxylic acids is 2. The maximum atomic E-state index is 12.4. The second kappa shape index (κ2) is 8.71. The number of hydrogen-bond donors (Lipinski definition) is 0. The first kappa shape index (κ1) is 21.2. The van der Waals surface area contributed by atoms with Crippen molar-refractivity contribution in [2.45, 2.75) is 37.1 Å². The molecule has 0 aliphatic carbocycles. The number of rotatable bonds is 6. The van der Waals surface area contributed by atoms with Gasteiger partial charge in [-0.1, -0.05) is 0 Å². The third-order valence-electron chi connectivity index (χ3n) is 4.61. The molecule has 8 nitrogen and oxygen atoms in total. The summed E-state index contributed by atoms with van der Waals surface area (Å²) in [6, 6.07) is 4.12. The molecule has 0 N–H and O–H groups in total. The van der Waals surface area contributed by atoms with Crippen molar-refractivity contribution in [1.29, 1.82) is 0 Å². The molecule has 0 saturated carbocycles. The normalized spacial score (nSPS) is 17.7. The molecule has 1 atom stereocenters. The molecule has 1 aliphatic rings. The minimum atomic E-state index is -3.81. The summed E-state index contributed by atoms with van der Waals surface area (Å²) in [4.78, 5) is 26.2. The molecular formula is C18H26N2O6S. The van der Waals surface area contributed by atoms with Crippen LogP contribution in [0.15, 0.2) is 23.1 Å². The van der Waals surface area contributed by atoms with Crippen molar-refractivity contribution in [1.82, 2.24) is 9.21 Å². The number of likely N-dealkylation sites (tertiary alicyclic amines) is 1. The molecule has 27 heavy (non-hydrogen) atoms. The van der Waals surface area contributed by atoms with Crippen molar-refractivity contribution in [2.24, 2.45) is 0 Å². The zero-order chi connectivity index (χ0) is 20.2. The van der Waals surface area contributed by atoms with Crippen LogP contribution in [0.3, 0.4) is 0 Å². The highest BCUT2D eigenvalue weighted by Gasteiger charge is 2.26. The van der Waals surface area contributed by atoms with Crippen molar-refractivity contribution < 1.29 is 27.5 Å². The van der Waals surface area contributed by atoms with E-state index in [4.69, 9.17) is 9.47 Å². The fraction of sp³-hybridized carbons (Fsp3) is 0.556. The summed E-state index contributed by atoms with van der Waals surface area (Å²) >= 11 is 0. The van der Waals surface area contributed by atoms with E-state index in [2.05, 4.69) is 0 Å². The van der Waals surface area contributed by atoms with Gasteiger partial charge in [-0.2, -0.15) is 0 Å². The van der Waals surface area contributed by atoms with Crippen LogP contribution < -0.4 is 4.74 Å². The van der Waals surface area contributed by atoms with Crippen LogP contribution in [-0.4, -0.2) is 69.9 Å². The van der Waals surface area contributed by atoms with Gasteiger partial charge in [0.25, 0.3) is 5.91 Å². The van der Waals surface area contributed by atoms with E-state index in [9.17, 15) is 18.0 Å². The van der Waals surface area contributed by atoms with Gasteiger partial charge in [0, 0.05) is 26.7 Å². The summed E-state index contributed by atoms with van der Waals surface area (Å²) in [5.74, 6) is -0.880. The topological polar surface area (TPSA) is 93.2 Å². The summed E-state index contributed by atoms with van der Waals surface area (Å²) in [7, 11) is 0.316. The molecule has 0 aromatic heterocycles. The number of nitrogens with zero attached hydrogens (tertiary/aromatic N) is 2. The van der Waals surface area contributed by atoms with Gasteiger partial charge in [0.15, 0.2) is 6.61 Å². The van der Waals surface area contributed by atoms with Gasteiger partial charge in [0.1, 0.15) is 10.6 Å². The summed E-state index contributed by atoms with van der Waals surface area (Å²) in [5, 5.41) is 0. The average molecular weight is 398 g/mol. The van der Waals surface area contributed by atoms with Crippen LogP contribution in [0.25, 0.3) is 0 Å². The minimum Gasteiger partial charge on any atom is -0.495 e. The molecule has 1 heterocycles. The molecule has 1 fully saturated rings. The highest BCUT2D eigenvalue weighted by Crippen LogP contribution is 2.27. The second-order valence-electron chi connectivity index (χ2n) is 6.66. The van der Waals surface area contributed by atoms with Gasteiger partial charge < -0.3 is 14.4 Å². The van der Waals surface area contributed by atoms with Crippen molar-refractivity contribution in [3.63, 3.8) is 0 Å². The Bertz CT molecular complexity index is 806. The summed E-state index contributed by atoms with van der Waals surface area (Å²) in [6.07, 6.45) is 2.96. The number of piperidine rings is 1. The van der Waals surface area contributed by atoms with Gasteiger partial charge in [0.2, 0.25) is 10.0 Å². The number of hydrogen-bond acceptors (Lipinski definition) is 6. The number of amides is 1. The molecule has 0 radical (unpaired) electrons. The van der Waals surface area contributed by atoms with E-state index in [-0.39, 0.29) is 34.8 Å². The molecule has 1 aliphatic heterocycles. The van der Waals surface area contributed by atoms with E-state index in [1.54, 1.807) is 4.90 Å². The summed E-state index contributed by atoms with van der Waals surface area (Å²) in [5.41, 5.74) is 0.0377. The van der Waals surface area contributed by atoms with Gasteiger partial charge in [-0.05, 0) is 44.4 Å². The predicted molar refractivity (Wildman–Crippen MR) is 99.2 cm³/mol. The standard InChI is InChI=1S/C18H26N2O6S/c1-13-7-5-6-10-20(13)17(21)12-26-18(22)14-8-9-15(25-4)16(11-14)27(23,24)19(2)3/h8-9,11,13H,5-7,10,12H2,1-4H3/t13-/m0/s1. The van der Waals surface area contributed by atoms with Gasteiger partial charge in [-0.15, -0.1) is 0 Å². The molecule has 1 saturated heterocycles. The van der Waals surface area contributed by atoms with Crippen LogP contribution >= 0.6 is 0 Å². The van der Waals surface area contributed by atoms with Crippen molar-refractivity contribution in [3.8, 4) is 5.75 Å². The number of sulfonamides is 1. The van der Waals surface area contributed by atoms with Crippen LogP contribution in [0, 0.1) is 0 Å². The Morgan fingerprint density at radius 1 is 1.26 bits per heavy atom. The smallest absolute Gasteiger partial charge is 0.338 e. The zero-order valence-corrected chi connectivity index (χ0v) is 16.9. The largest absolute Gasteiger partial charge is 0.495 e. The fourth-order valence-electron chi connectivity index (χ4n) is 2.96. The maximum Gasteiger partial charge on any atom is 0.338 e. The lowest BCUT2D eigenvalue weighted by atomic mass is 10.0. The lowest BCUT2D eigenvalue weighted by Crippen LogP contribution is -2.44. The monoisotopic (exact) mass is 398 g/mol. The van der Waals surface area contributed by atoms with Crippen molar-refractivity contribution >= 4 is 21.9 Å². The van der Waals surface area contributed by atoms with Crippen LogP contribution in [0.4, 0.5) is 0 Å². The Kier molecular flexibility index (Phi) is 6.83. The average Bonchev–Trinajstić information content (AvgIpc) is 2.65. The fourth-order valence-corrected chi connectivity index (χ4v) is 4.04. The van der Waals surface area contributed by atoms with Crippen LogP contribution in [0.5, 0.6) is 5.75 Å². The third kappa shape index (κ3) is 4.78. The Labute approximate surface area is 160 Å². The molecule has 1 aromatic carbocycles. The van der Waals surface area contributed by atoms with E-state index in [0.717, 1.165) is 23.6 Å². The van der Waals surface area contributed by atoms with Gasteiger partial charge in [-0.3, -0.25) is 4.79 Å². The van der Waals surface area contributed by atoms with E-state index in [1.165, 1.54) is 39.4 Å². The first-order chi connectivity index (χ1) is 12.7. The Morgan fingerprint density at radius 2 is 1.96 bits per heavy atom. The Hall–Kier alpha value is -2.13. The molecule has 1 aromatic rings. The van der Waals surface area contributed by atoms with E-state index < -0.39 is 16.0 Å². The first-order valence-corrected chi connectivity index (χ1v) is 10.2. The zero-order valence-electron chi connectivity index (χ0n) is 16.1. The molecule has 0 bridgehead atoms. The van der Waals surface area contributed by atoms with E-state index >= 15 is 0 Å². The number of benzene rings is 1. The molecule has 0 unspecified atom stereocenters. The lowest BCUT2D eigenvalue weighted by Gasteiger charge is -2.33. The maximum absolute atomic E-state index is 12.4. The first-order valence-electron chi connectivity index (χ1n) is 8.75. The van der Waals surface area contributed by atoms with Gasteiger partial charge in [0.05, 0.1) is 12.7 Å². The van der Waals surface area contributed by atoms with E-state index in [1.807, 2.05) is 6.92 Å². The molecular weight excluding hydrogens is 372 g/mol. The number of esters is 1. The molecule has 0 spiro atoms. The van der Waals surface area contributed by atoms with Crippen LogP contribution in [-0.2, 0) is 19.6 Å². The third-order valence-corrected chi connectivity index (χ3v) is 6.44. The minimum absolute atomic E-state index is 0.0377. The highest BCUT2D eigenvalue weighted by molar-refractivity contribution is 7.89. The number of ether oxygens (including phenoxy) is 2. The van der Waals surface area contributed by atoms with Crippen molar-refractivity contribution in [2.75, 3.05) is 34.4 Å². The van der Waals surface area contributed by atoms with Crippen molar-refractivity contribution in [3.05, 3.63) is 23.8 Å². The lowest BCUT2D eigenvalue weighted by molar-refractivity contribution is -0.137. The molecule has 1 amide bonds. The van der Waals surface area contributed by atoms with Crippen LogP contribution in [0.2, 0.25) is 0 Å². The predicted octanol–water partition coefficient (Wildman–Crippen LogP) is 1.50. The van der Waals surface area contributed by atoms with Gasteiger partial charge in [-0.25, -0.2) is 17.5 Å². The Balaban J connectivity index is 2.13. The van der Waals surface area contributed by atoms with Crippen LogP contribution in [0.1, 0.15) is 36.5 Å². The Morgan fingerprint density at radius 3 is 2.56 bits per heavy atom. The van der Waals surface area contributed by atoms with E-state index in [0.29, 0.717) is 6.54 Å². The summed E-state index contributed by atoms with van der Waals surface area (Å²) < 4.78 is 36.1. The second-order valence-corrected chi connectivity index (χ2v) is 8.78. The molecule has 2 rings (SSSR count). The number of methoxy groups -OCH3 is 1.